The number of rotatable bonds is 5. The predicted octanol–water partition coefficient (Wildman–Crippen LogP) is 1.85. The molecule has 0 radical (unpaired) electrons. The van der Waals surface area contributed by atoms with Crippen LogP contribution in [0.25, 0.3) is 0 Å². The average Bonchev–Trinajstić information content (AvgIpc) is 2.61. The Labute approximate surface area is 153 Å². The van der Waals surface area contributed by atoms with Crippen molar-refractivity contribution in [1.82, 2.24) is 20.0 Å². The van der Waals surface area contributed by atoms with Crippen molar-refractivity contribution in [3.8, 4) is 0 Å². The van der Waals surface area contributed by atoms with E-state index in [0.29, 0.717) is 6.04 Å². The molecule has 1 aromatic carbocycles. The molecule has 5 nitrogen and oxygen atoms in total. The molecule has 1 N–H and O–H groups in total. The Hall–Kier alpha value is -1.11. The molecule has 0 aromatic heterocycles. The summed E-state index contributed by atoms with van der Waals surface area (Å²) in [4.78, 5) is 12.3. The molecule has 1 aromatic rings. The van der Waals surface area contributed by atoms with E-state index in [1.54, 1.807) is 0 Å². The maximum atomic E-state index is 4.92. The summed E-state index contributed by atoms with van der Waals surface area (Å²) in [5, 5.41) is 3.43. The first-order chi connectivity index (χ1) is 11.7. The number of halogens is 1. The summed E-state index contributed by atoms with van der Waals surface area (Å²) in [6.45, 7) is 10.8. The van der Waals surface area contributed by atoms with Crippen LogP contribution >= 0.6 is 15.9 Å². The van der Waals surface area contributed by atoms with Crippen LogP contribution in [-0.2, 0) is 6.54 Å². The van der Waals surface area contributed by atoms with Crippen LogP contribution in [0.4, 0.5) is 0 Å². The quantitative estimate of drug-likeness (QED) is 0.611. The number of hydrogen-bond acceptors (Lipinski definition) is 3. The number of hydrogen-bond donors (Lipinski definition) is 1. The summed E-state index contributed by atoms with van der Waals surface area (Å²) in [6.07, 6.45) is 0. The molecule has 6 heteroatoms. The number of guanidine groups is 1. The molecular weight excluding hydrogens is 366 g/mol. The Balaban J connectivity index is 1.61. The molecule has 0 aliphatic carbocycles. The van der Waals surface area contributed by atoms with Gasteiger partial charge in [-0.05, 0) is 24.6 Å². The van der Waals surface area contributed by atoms with E-state index >= 15 is 0 Å². The van der Waals surface area contributed by atoms with E-state index in [-0.39, 0.29) is 0 Å². The highest BCUT2D eigenvalue weighted by atomic mass is 79.9. The average molecular weight is 394 g/mol. The molecule has 132 valence electrons. The van der Waals surface area contributed by atoms with Crippen molar-refractivity contribution in [2.24, 2.45) is 4.99 Å². The predicted molar refractivity (Wildman–Crippen MR) is 103 cm³/mol. The van der Waals surface area contributed by atoms with Gasteiger partial charge in [-0.15, -0.1) is 0 Å². The molecule has 3 saturated heterocycles. The molecule has 0 spiro atoms. The highest BCUT2D eigenvalue weighted by Crippen LogP contribution is 2.16. The topological polar surface area (TPSA) is 34.1 Å². The molecule has 0 saturated carbocycles. The lowest BCUT2D eigenvalue weighted by atomic mass is 10.1. The lowest BCUT2D eigenvalue weighted by Gasteiger charge is -2.47. The second-order valence-corrected chi connectivity index (χ2v) is 7.58. The molecule has 3 heterocycles. The summed E-state index contributed by atoms with van der Waals surface area (Å²) in [6, 6.07) is 9.07. The van der Waals surface area contributed by atoms with Gasteiger partial charge in [0, 0.05) is 63.4 Å². The summed E-state index contributed by atoms with van der Waals surface area (Å²) >= 11 is 3.49. The van der Waals surface area contributed by atoms with Gasteiger partial charge >= 0.3 is 0 Å². The third kappa shape index (κ3) is 4.49. The second kappa shape index (κ2) is 8.32. The molecule has 2 bridgehead atoms. The lowest BCUT2D eigenvalue weighted by molar-refractivity contribution is 0.0173. The summed E-state index contributed by atoms with van der Waals surface area (Å²) < 4.78 is 1.12. The zero-order valence-corrected chi connectivity index (χ0v) is 16.3. The number of aliphatic imine (C=N–C) groups is 1. The van der Waals surface area contributed by atoms with Crippen LogP contribution in [0.3, 0.4) is 0 Å². The number of piperazine rings is 3. The van der Waals surface area contributed by atoms with Gasteiger partial charge in [-0.2, -0.15) is 0 Å². The van der Waals surface area contributed by atoms with Crippen molar-refractivity contribution in [1.29, 1.82) is 0 Å². The number of fused-ring (bicyclic) bond motifs is 3. The van der Waals surface area contributed by atoms with Gasteiger partial charge in [0.15, 0.2) is 5.96 Å². The highest BCUT2D eigenvalue weighted by Gasteiger charge is 2.31. The van der Waals surface area contributed by atoms with E-state index < -0.39 is 0 Å². The van der Waals surface area contributed by atoms with E-state index in [9.17, 15) is 0 Å². The molecule has 0 amide bonds. The van der Waals surface area contributed by atoms with Crippen LogP contribution in [0.2, 0.25) is 0 Å². The second-order valence-electron chi connectivity index (χ2n) is 6.67. The first kappa shape index (κ1) is 17.7. The van der Waals surface area contributed by atoms with E-state index in [0.717, 1.165) is 30.1 Å². The van der Waals surface area contributed by atoms with Crippen molar-refractivity contribution in [3.05, 3.63) is 34.3 Å². The van der Waals surface area contributed by atoms with Gasteiger partial charge < -0.3 is 10.2 Å². The standard InChI is InChI=1S/C18H28BrN5/c1-3-20-18(22(2)13-15-4-6-16(19)7-5-15)21-12-17-14-23-8-10-24(17)11-9-23/h4-7,17H,3,8-14H2,1-2H3,(H,20,21). The van der Waals surface area contributed by atoms with Gasteiger partial charge in [0.25, 0.3) is 0 Å². The summed E-state index contributed by atoms with van der Waals surface area (Å²) in [5.41, 5.74) is 1.29. The highest BCUT2D eigenvalue weighted by molar-refractivity contribution is 9.10. The van der Waals surface area contributed by atoms with Crippen LogP contribution in [-0.4, -0.2) is 79.6 Å². The largest absolute Gasteiger partial charge is 0.357 e. The third-order valence-corrected chi connectivity index (χ3v) is 5.40. The van der Waals surface area contributed by atoms with Gasteiger partial charge in [-0.25, -0.2) is 0 Å². The van der Waals surface area contributed by atoms with Gasteiger partial charge in [0.2, 0.25) is 0 Å². The van der Waals surface area contributed by atoms with Crippen LogP contribution < -0.4 is 5.32 Å². The SMILES string of the molecule is CCNC(=NCC1CN2CCN1CC2)N(C)Cc1ccc(Br)cc1. The van der Waals surface area contributed by atoms with E-state index in [2.05, 4.69) is 74.2 Å². The van der Waals surface area contributed by atoms with Crippen molar-refractivity contribution in [2.45, 2.75) is 19.5 Å². The van der Waals surface area contributed by atoms with Gasteiger partial charge in [0.05, 0.1) is 6.54 Å². The minimum absolute atomic E-state index is 0.572. The number of benzene rings is 1. The summed E-state index contributed by atoms with van der Waals surface area (Å²) in [5.74, 6) is 0.998. The maximum absolute atomic E-state index is 4.92. The monoisotopic (exact) mass is 393 g/mol. The van der Waals surface area contributed by atoms with E-state index in [1.165, 1.54) is 38.3 Å². The van der Waals surface area contributed by atoms with Crippen molar-refractivity contribution < 1.29 is 0 Å². The van der Waals surface area contributed by atoms with Crippen molar-refractivity contribution in [2.75, 3.05) is 52.9 Å². The normalized spacial score (nSPS) is 26.5. The molecule has 24 heavy (non-hydrogen) atoms. The molecule has 1 unspecified atom stereocenters. The number of nitrogens with zero attached hydrogens (tertiary/aromatic N) is 4. The summed E-state index contributed by atoms with van der Waals surface area (Å²) in [7, 11) is 2.11. The zero-order chi connectivity index (χ0) is 16.9. The smallest absolute Gasteiger partial charge is 0.194 e. The van der Waals surface area contributed by atoms with Crippen molar-refractivity contribution >= 4 is 21.9 Å². The number of nitrogens with one attached hydrogen (secondary N) is 1. The minimum atomic E-state index is 0.572. The fraction of sp³-hybridized carbons (Fsp3) is 0.611. The Bertz CT molecular complexity index is 551. The van der Waals surface area contributed by atoms with Crippen LogP contribution in [0.15, 0.2) is 33.7 Å². The van der Waals surface area contributed by atoms with Gasteiger partial charge in [-0.3, -0.25) is 14.8 Å². The fourth-order valence-corrected chi connectivity index (χ4v) is 3.76. The zero-order valence-electron chi connectivity index (χ0n) is 14.7. The van der Waals surface area contributed by atoms with Crippen LogP contribution in [0.1, 0.15) is 12.5 Å². The van der Waals surface area contributed by atoms with Gasteiger partial charge in [0.1, 0.15) is 0 Å². The Morgan fingerprint density at radius 3 is 2.54 bits per heavy atom. The van der Waals surface area contributed by atoms with Crippen LogP contribution in [0.5, 0.6) is 0 Å². The molecule has 3 aliphatic heterocycles. The molecule has 4 rings (SSSR count). The first-order valence-electron chi connectivity index (χ1n) is 8.86. The fourth-order valence-electron chi connectivity index (χ4n) is 3.50. The molecule has 3 fully saturated rings. The Morgan fingerprint density at radius 1 is 1.25 bits per heavy atom. The Kier molecular flexibility index (Phi) is 6.14. The molecule has 1 atom stereocenters. The maximum Gasteiger partial charge on any atom is 0.194 e. The minimum Gasteiger partial charge on any atom is -0.357 e. The van der Waals surface area contributed by atoms with E-state index in [1.807, 2.05) is 0 Å². The Morgan fingerprint density at radius 2 is 1.96 bits per heavy atom. The first-order valence-corrected chi connectivity index (χ1v) is 9.65. The van der Waals surface area contributed by atoms with Crippen LogP contribution in [0, 0.1) is 0 Å². The third-order valence-electron chi connectivity index (χ3n) is 4.87. The lowest BCUT2D eigenvalue weighted by Crippen LogP contribution is -2.62. The van der Waals surface area contributed by atoms with Gasteiger partial charge in [-0.1, -0.05) is 28.1 Å². The van der Waals surface area contributed by atoms with E-state index in [4.69, 9.17) is 4.99 Å². The molecular formula is C18H28BrN5. The molecule has 3 aliphatic rings. The van der Waals surface area contributed by atoms with Crippen molar-refractivity contribution in [3.63, 3.8) is 0 Å².